The zero-order chi connectivity index (χ0) is 11.5. The molecule has 88 valence electrons. The third-order valence-corrected chi connectivity index (χ3v) is 2.56. The molecule has 0 radical (unpaired) electrons. The molecule has 0 spiro atoms. The summed E-state index contributed by atoms with van der Waals surface area (Å²) in [4.78, 5) is 11.4. The molecule has 1 amide bonds. The van der Waals surface area contributed by atoms with Crippen molar-refractivity contribution in [3.8, 4) is 0 Å². The van der Waals surface area contributed by atoms with Crippen molar-refractivity contribution in [3.05, 3.63) is 0 Å². The average molecular weight is 217 g/mol. The lowest BCUT2D eigenvalue weighted by Crippen LogP contribution is -2.41. The highest BCUT2D eigenvalue weighted by molar-refractivity contribution is 5.68. The van der Waals surface area contributed by atoms with Crippen LogP contribution in [0.2, 0.25) is 0 Å². The highest BCUT2D eigenvalue weighted by Crippen LogP contribution is 2.26. The fraction of sp³-hybridized carbons (Fsp3) is 0.909. The zero-order valence-electron chi connectivity index (χ0n) is 9.68. The molecule has 0 unspecified atom stereocenters. The Morgan fingerprint density at radius 2 is 2.13 bits per heavy atom. The van der Waals surface area contributed by atoms with Crippen LogP contribution in [0.15, 0.2) is 0 Å². The van der Waals surface area contributed by atoms with Crippen molar-refractivity contribution < 1.29 is 13.9 Å². The molecule has 0 heterocycles. The summed E-state index contributed by atoms with van der Waals surface area (Å²) >= 11 is 0. The molecule has 0 aromatic carbocycles. The van der Waals surface area contributed by atoms with Gasteiger partial charge in [0, 0.05) is 12.0 Å². The molecule has 1 aliphatic rings. The zero-order valence-corrected chi connectivity index (χ0v) is 9.68. The monoisotopic (exact) mass is 217 g/mol. The molecule has 1 N–H and O–H groups in total. The largest absolute Gasteiger partial charge is 0.444 e. The molecule has 4 heteroatoms. The summed E-state index contributed by atoms with van der Waals surface area (Å²) in [7, 11) is 0. The minimum atomic E-state index is -0.492. The normalized spacial score (nSPS) is 26.4. The number of carbonyl (C=O) groups excluding carboxylic acids is 1. The first-order valence-electron chi connectivity index (χ1n) is 5.48. The Balaban J connectivity index is 2.37. The Morgan fingerprint density at radius 1 is 1.47 bits per heavy atom. The minimum Gasteiger partial charge on any atom is -0.444 e. The van der Waals surface area contributed by atoms with Crippen LogP contribution in [0.5, 0.6) is 0 Å². The number of rotatable bonds is 2. The summed E-state index contributed by atoms with van der Waals surface area (Å²) in [6, 6.07) is -0.0511. The van der Waals surface area contributed by atoms with Gasteiger partial charge in [0.05, 0.1) is 6.67 Å². The van der Waals surface area contributed by atoms with Gasteiger partial charge >= 0.3 is 6.09 Å². The molecule has 0 aromatic heterocycles. The molecule has 2 atom stereocenters. The van der Waals surface area contributed by atoms with Gasteiger partial charge in [-0.1, -0.05) is 6.42 Å². The van der Waals surface area contributed by atoms with E-state index in [1.807, 2.05) is 20.8 Å². The Kier molecular flexibility index (Phi) is 3.94. The van der Waals surface area contributed by atoms with Crippen LogP contribution >= 0.6 is 0 Å². The van der Waals surface area contributed by atoms with Crippen LogP contribution in [0.25, 0.3) is 0 Å². The number of alkyl carbamates (subject to hydrolysis) is 1. The number of alkyl halides is 1. The number of hydrogen-bond acceptors (Lipinski definition) is 2. The number of halogens is 1. The van der Waals surface area contributed by atoms with Gasteiger partial charge < -0.3 is 10.1 Å². The predicted octanol–water partition coefficient (Wildman–Crippen LogP) is 2.65. The average Bonchev–Trinajstić information content (AvgIpc) is 2.48. The van der Waals surface area contributed by atoms with Gasteiger partial charge in [0.1, 0.15) is 5.60 Å². The maximum absolute atomic E-state index is 12.5. The van der Waals surface area contributed by atoms with Crippen LogP contribution in [0, 0.1) is 5.92 Å². The van der Waals surface area contributed by atoms with Gasteiger partial charge in [-0.3, -0.25) is 4.39 Å². The highest BCUT2D eigenvalue weighted by atomic mass is 19.1. The van der Waals surface area contributed by atoms with Crippen LogP contribution < -0.4 is 5.32 Å². The predicted molar refractivity (Wildman–Crippen MR) is 56.5 cm³/mol. The maximum Gasteiger partial charge on any atom is 0.407 e. The first-order valence-corrected chi connectivity index (χ1v) is 5.48. The van der Waals surface area contributed by atoms with E-state index in [2.05, 4.69) is 5.32 Å². The summed E-state index contributed by atoms with van der Waals surface area (Å²) in [6.45, 7) is 5.08. The first-order chi connectivity index (χ1) is 6.92. The van der Waals surface area contributed by atoms with Gasteiger partial charge in [0.25, 0.3) is 0 Å². The fourth-order valence-corrected chi connectivity index (χ4v) is 1.87. The van der Waals surface area contributed by atoms with Gasteiger partial charge in [-0.05, 0) is 33.6 Å². The van der Waals surface area contributed by atoms with Gasteiger partial charge in [0.15, 0.2) is 0 Å². The van der Waals surface area contributed by atoms with Crippen LogP contribution in [0.3, 0.4) is 0 Å². The van der Waals surface area contributed by atoms with E-state index in [-0.39, 0.29) is 18.6 Å². The number of ether oxygens (including phenoxy) is 1. The molecule has 0 bridgehead atoms. The maximum atomic E-state index is 12.5. The van der Waals surface area contributed by atoms with Crippen molar-refractivity contribution in [2.45, 2.75) is 51.7 Å². The summed E-state index contributed by atoms with van der Waals surface area (Å²) in [6.07, 6.45) is 2.26. The quantitative estimate of drug-likeness (QED) is 0.772. The van der Waals surface area contributed by atoms with Crippen LogP contribution in [0.4, 0.5) is 9.18 Å². The van der Waals surface area contributed by atoms with E-state index in [0.717, 1.165) is 19.3 Å². The molecular formula is C11H20FNO2. The number of hydrogen-bond donors (Lipinski definition) is 1. The van der Waals surface area contributed by atoms with Crippen LogP contribution in [-0.2, 0) is 4.74 Å². The van der Waals surface area contributed by atoms with Crippen molar-refractivity contribution >= 4 is 6.09 Å². The first kappa shape index (κ1) is 12.3. The van der Waals surface area contributed by atoms with E-state index < -0.39 is 11.7 Å². The molecular weight excluding hydrogens is 197 g/mol. The van der Waals surface area contributed by atoms with E-state index in [1.165, 1.54) is 0 Å². The summed E-state index contributed by atoms with van der Waals surface area (Å²) in [5, 5.41) is 2.74. The molecule has 15 heavy (non-hydrogen) atoms. The van der Waals surface area contributed by atoms with E-state index >= 15 is 0 Å². The van der Waals surface area contributed by atoms with E-state index in [0.29, 0.717) is 0 Å². The molecule has 1 fully saturated rings. The van der Waals surface area contributed by atoms with Crippen molar-refractivity contribution in [1.82, 2.24) is 5.32 Å². The topological polar surface area (TPSA) is 38.3 Å². The molecule has 1 rings (SSSR count). The van der Waals surface area contributed by atoms with E-state index in [9.17, 15) is 9.18 Å². The summed E-state index contributed by atoms with van der Waals surface area (Å²) in [5.74, 6) is -0.0301. The van der Waals surface area contributed by atoms with Crippen molar-refractivity contribution in [2.24, 2.45) is 5.92 Å². The van der Waals surface area contributed by atoms with Gasteiger partial charge in [-0.15, -0.1) is 0 Å². The molecule has 3 nitrogen and oxygen atoms in total. The summed E-state index contributed by atoms with van der Waals surface area (Å²) < 4.78 is 17.7. The number of amides is 1. The van der Waals surface area contributed by atoms with Gasteiger partial charge in [0.2, 0.25) is 0 Å². The lowest BCUT2D eigenvalue weighted by molar-refractivity contribution is 0.0489. The molecule has 0 aliphatic heterocycles. The summed E-state index contributed by atoms with van der Waals surface area (Å²) in [5.41, 5.74) is -0.492. The highest BCUT2D eigenvalue weighted by Gasteiger charge is 2.29. The van der Waals surface area contributed by atoms with Gasteiger partial charge in [-0.2, -0.15) is 0 Å². The standard InChI is InChI=1S/C11H20FNO2/c1-11(2,3)15-10(14)13-9-6-4-5-8(9)7-12/h8-9H,4-7H2,1-3H3,(H,13,14)/t8-,9-/m1/s1. The Labute approximate surface area is 90.4 Å². The van der Waals surface area contributed by atoms with Crippen molar-refractivity contribution in [3.63, 3.8) is 0 Å². The van der Waals surface area contributed by atoms with Crippen LogP contribution in [0.1, 0.15) is 40.0 Å². The second-order valence-electron chi connectivity index (χ2n) is 5.10. The van der Waals surface area contributed by atoms with Crippen molar-refractivity contribution in [1.29, 1.82) is 0 Å². The van der Waals surface area contributed by atoms with Crippen LogP contribution in [-0.4, -0.2) is 24.4 Å². The molecule has 1 aliphatic carbocycles. The number of nitrogens with one attached hydrogen (secondary N) is 1. The molecule has 0 aromatic rings. The lowest BCUT2D eigenvalue weighted by Gasteiger charge is -2.23. The smallest absolute Gasteiger partial charge is 0.407 e. The van der Waals surface area contributed by atoms with E-state index in [4.69, 9.17) is 4.74 Å². The number of carbonyl (C=O) groups is 1. The Bertz CT molecular complexity index is 225. The molecule has 1 saturated carbocycles. The Morgan fingerprint density at radius 3 is 2.67 bits per heavy atom. The molecule has 0 saturated heterocycles. The Hall–Kier alpha value is -0.800. The third-order valence-electron chi connectivity index (χ3n) is 2.56. The van der Waals surface area contributed by atoms with E-state index in [1.54, 1.807) is 0 Å². The third kappa shape index (κ3) is 4.06. The van der Waals surface area contributed by atoms with Gasteiger partial charge in [-0.25, -0.2) is 4.79 Å². The second kappa shape index (κ2) is 4.81. The van der Waals surface area contributed by atoms with Crippen molar-refractivity contribution in [2.75, 3.05) is 6.67 Å². The SMILES string of the molecule is CC(C)(C)OC(=O)N[C@@H]1CCC[C@@H]1CF. The minimum absolute atomic E-state index is 0.0301. The fourth-order valence-electron chi connectivity index (χ4n) is 1.87. The lowest BCUT2D eigenvalue weighted by atomic mass is 10.1. The second-order valence-corrected chi connectivity index (χ2v) is 5.10.